The second-order valence-corrected chi connectivity index (χ2v) is 6.23. The van der Waals surface area contributed by atoms with Gasteiger partial charge in [0.25, 0.3) is 0 Å². The van der Waals surface area contributed by atoms with E-state index < -0.39 is 5.97 Å². The third-order valence-corrected chi connectivity index (χ3v) is 4.63. The van der Waals surface area contributed by atoms with Gasteiger partial charge in [0.15, 0.2) is 0 Å². The lowest BCUT2D eigenvalue weighted by atomic mass is 10.0. The Bertz CT molecular complexity index is 726. The predicted molar refractivity (Wildman–Crippen MR) is 88.4 cm³/mol. The highest BCUT2D eigenvalue weighted by Crippen LogP contribution is 2.34. The lowest BCUT2D eigenvalue weighted by Gasteiger charge is -2.21. The zero-order valence-electron chi connectivity index (χ0n) is 12.4. The van der Waals surface area contributed by atoms with Crippen LogP contribution < -0.4 is 0 Å². The van der Waals surface area contributed by atoms with Gasteiger partial charge < -0.3 is 5.11 Å². The first-order valence-electron chi connectivity index (χ1n) is 7.35. The normalized spacial score (nSPS) is 17.1. The van der Waals surface area contributed by atoms with Crippen molar-refractivity contribution in [3.8, 4) is 0 Å². The topological polar surface area (TPSA) is 70.0 Å². The molecule has 1 aliphatic rings. The molecule has 2 heterocycles. The van der Waals surface area contributed by atoms with Gasteiger partial charge in [-0.05, 0) is 17.0 Å². The van der Waals surface area contributed by atoms with Crippen LogP contribution in [0.2, 0.25) is 0 Å². The number of benzene rings is 1. The minimum absolute atomic E-state index is 0.0418. The number of nitrogens with zero attached hydrogens (tertiary/aromatic N) is 2. The second kappa shape index (κ2) is 6.75. The smallest absolute Gasteiger partial charge is 0.303 e. The lowest BCUT2D eigenvalue weighted by Crippen LogP contribution is -2.27. The van der Waals surface area contributed by atoms with Crippen LogP contribution in [0.1, 0.15) is 35.7 Å². The maximum atomic E-state index is 12.4. The van der Waals surface area contributed by atoms with Gasteiger partial charge in [0.05, 0.1) is 23.1 Å². The molecule has 0 spiro atoms. The fraction of sp³-hybridized carbons (Fsp3) is 0.235. The average Bonchev–Trinajstić information content (AvgIpc) is 3.22. The van der Waals surface area contributed by atoms with Crippen LogP contribution >= 0.6 is 11.3 Å². The monoisotopic (exact) mass is 328 g/mol. The Kier molecular flexibility index (Phi) is 4.52. The number of carboxylic acids is 1. The van der Waals surface area contributed by atoms with E-state index in [9.17, 15) is 9.59 Å². The Morgan fingerprint density at radius 1 is 1.17 bits per heavy atom. The fourth-order valence-electron chi connectivity index (χ4n) is 2.60. The number of hydrogen-bond acceptors (Lipinski definition) is 4. The summed E-state index contributed by atoms with van der Waals surface area (Å²) in [7, 11) is 0. The molecule has 0 unspecified atom stereocenters. The highest BCUT2D eigenvalue weighted by molar-refractivity contribution is 7.12. The Hall–Kier alpha value is -2.47. The van der Waals surface area contributed by atoms with Crippen molar-refractivity contribution in [3.63, 3.8) is 0 Å². The van der Waals surface area contributed by atoms with E-state index >= 15 is 0 Å². The summed E-state index contributed by atoms with van der Waals surface area (Å²) >= 11 is 1.59. The summed E-state index contributed by atoms with van der Waals surface area (Å²) in [6.45, 7) is 0. The molecule has 0 bridgehead atoms. The molecule has 0 saturated carbocycles. The van der Waals surface area contributed by atoms with E-state index in [0.29, 0.717) is 6.42 Å². The van der Waals surface area contributed by atoms with Crippen LogP contribution in [0.3, 0.4) is 0 Å². The number of rotatable bonds is 5. The zero-order valence-corrected chi connectivity index (χ0v) is 13.2. The van der Waals surface area contributed by atoms with Crippen LogP contribution in [-0.2, 0) is 9.59 Å². The summed E-state index contributed by atoms with van der Waals surface area (Å²) in [4.78, 5) is 24.2. The van der Waals surface area contributed by atoms with Crippen molar-refractivity contribution in [3.05, 3.63) is 58.3 Å². The Morgan fingerprint density at radius 3 is 2.61 bits per heavy atom. The molecule has 2 aromatic rings. The molecule has 118 valence electrons. The molecule has 1 aromatic carbocycles. The van der Waals surface area contributed by atoms with Crippen molar-refractivity contribution in [2.75, 3.05) is 0 Å². The van der Waals surface area contributed by atoms with Gasteiger partial charge in [0.1, 0.15) is 0 Å². The van der Waals surface area contributed by atoms with Crippen molar-refractivity contribution >= 4 is 28.9 Å². The first kappa shape index (κ1) is 15.4. The minimum atomic E-state index is -0.976. The van der Waals surface area contributed by atoms with Gasteiger partial charge in [0, 0.05) is 12.8 Å². The first-order chi connectivity index (χ1) is 11.1. The van der Waals surface area contributed by atoms with Gasteiger partial charge in [-0.25, -0.2) is 5.01 Å². The molecule has 1 aliphatic heterocycles. The molecule has 1 aromatic heterocycles. The maximum absolute atomic E-state index is 12.4. The first-order valence-corrected chi connectivity index (χ1v) is 8.23. The van der Waals surface area contributed by atoms with Gasteiger partial charge in [-0.2, -0.15) is 5.10 Å². The quantitative estimate of drug-likeness (QED) is 0.915. The average molecular weight is 328 g/mol. The summed E-state index contributed by atoms with van der Waals surface area (Å²) < 4.78 is 0. The van der Waals surface area contributed by atoms with Crippen LogP contribution in [0.15, 0.2) is 52.9 Å². The largest absolute Gasteiger partial charge is 0.481 e. The molecule has 1 N–H and O–H groups in total. The summed E-state index contributed by atoms with van der Waals surface area (Å²) in [6, 6.07) is 13.5. The number of carbonyl (C=O) groups is 2. The van der Waals surface area contributed by atoms with E-state index in [0.717, 1.165) is 16.2 Å². The van der Waals surface area contributed by atoms with E-state index in [-0.39, 0.29) is 24.8 Å². The molecule has 0 aliphatic carbocycles. The molecule has 5 nitrogen and oxygen atoms in total. The second-order valence-electron chi connectivity index (χ2n) is 5.29. The highest BCUT2D eigenvalue weighted by Gasteiger charge is 2.33. The molecule has 0 radical (unpaired) electrons. The molecule has 6 heteroatoms. The zero-order chi connectivity index (χ0) is 16.2. The van der Waals surface area contributed by atoms with Crippen LogP contribution in [0, 0.1) is 0 Å². The van der Waals surface area contributed by atoms with E-state index in [2.05, 4.69) is 5.10 Å². The molecule has 23 heavy (non-hydrogen) atoms. The Labute approximate surface area is 137 Å². The Balaban J connectivity index is 1.86. The number of carboxylic acid groups (broad SMARTS) is 1. The van der Waals surface area contributed by atoms with E-state index in [1.807, 2.05) is 47.8 Å². The lowest BCUT2D eigenvalue weighted by molar-refractivity contribution is -0.141. The number of aliphatic carboxylic acids is 1. The molecule has 3 rings (SSSR count). The molecule has 1 atom stereocenters. The van der Waals surface area contributed by atoms with Crippen LogP contribution in [-0.4, -0.2) is 27.7 Å². The summed E-state index contributed by atoms with van der Waals surface area (Å²) in [6.07, 6.45) is 0.421. The van der Waals surface area contributed by atoms with Crippen molar-refractivity contribution < 1.29 is 14.7 Å². The van der Waals surface area contributed by atoms with Gasteiger partial charge in [-0.3, -0.25) is 9.59 Å². The highest BCUT2D eigenvalue weighted by atomic mass is 32.1. The number of amides is 1. The third kappa shape index (κ3) is 3.48. The summed E-state index contributed by atoms with van der Waals surface area (Å²) in [5.74, 6) is -1.23. The van der Waals surface area contributed by atoms with Gasteiger partial charge >= 0.3 is 5.97 Å². The van der Waals surface area contributed by atoms with Crippen molar-refractivity contribution in [1.29, 1.82) is 0 Å². The SMILES string of the molecule is O=C(O)CCC(=O)N1N=C(c2cccs2)C[C@@H]1c1ccccc1. The van der Waals surface area contributed by atoms with Crippen molar-refractivity contribution in [2.24, 2.45) is 5.10 Å². The van der Waals surface area contributed by atoms with Gasteiger partial charge in [0.2, 0.25) is 5.91 Å². The minimum Gasteiger partial charge on any atom is -0.481 e. The van der Waals surface area contributed by atoms with E-state index in [1.165, 1.54) is 5.01 Å². The molecular formula is C17H16N2O3S. The number of hydrogen-bond donors (Lipinski definition) is 1. The van der Waals surface area contributed by atoms with Crippen LogP contribution in [0.5, 0.6) is 0 Å². The van der Waals surface area contributed by atoms with Crippen LogP contribution in [0.25, 0.3) is 0 Å². The summed E-state index contributed by atoms with van der Waals surface area (Å²) in [5, 5.41) is 16.7. The van der Waals surface area contributed by atoms with E-state index in [4.69, 9.17) is 5.11 Å². The number of carbonyl (C=O) groups excluding carboxylic acids is 1. The number of thiophene rings is 1. The van der Waals surface area contributed by atoms with Gasteiger partial charge in [-0.1, -0.05) is 36.4 Å². The van der Waals surface area contributed by atoms with Crippen molar-refractivity contribution in [1.82, 2.24) is 5.01 Å². The summed E-state index contributed by atoms with van der Waals surface area (Å²) in [5.41, 5.74) is 1.88. The Morgan fingerprint density at radius 2 is 1.96 bits per heavy atom. The molecular weight excluding hydrogens is 312 g/mol. The van der Waals surface area contributed by atoms with E-state index in [1.54, 1.807) is 11.3 Å². The molecule has 0 fully saturated rings. The maximum Gasteiger partial charge on any atom is 0.303 e. The van der Waals surface area contributed by atoms with Gasteiger partial charge in [-0.15, -0.1) is 11.3 Å². The predicted octanol–water partition coefficient (Wildman–Crippen LogP) is 3.29. The third-order valence-electron chi connectivity index (χ3n) is 3.71. The number of hydrazone groups is 1. The van der Waals surface area contributed by atoms with Crippen molar-refractivity contribution in [2.45, 2.75) is 25.3 Å². The molecule has 0 saturated heterocycles. The molecule has 1 amide bonds. The fourth-order valence-corrected chi connectivity index (χ4v) is 3.32. The van der Waals surface area contributed by atoms with Crippen LogP contribution in [0.4, 0.5) is 0 Å². The standard InChI is InChI=1S/C17H16N2O3S/c20-16(8-9-17(21)22)19-14(12-5-2-1-3-6-12)11-13(18-19)15-7-4-10-23-15/h1-7,10,14H,8-9,11H2,(H,21,22)/t14-/m1/s1.